The van der Waals surface area contributed by atoms with Gasteiger partial charge in [-0.3, -0.25) is 4.79 Å². The van der Waals surface area contributed by atoms with E-state index in [4.69, 9.17) is 5.73 Å². The van der Waals surface area contributed by atoms with Crippen molar-refractivity contribution in [3.05, 3.63) is 88.2 Å². The number of thiophene rings is 1. The number of hydrogen-bond acceptors (Lipinski definition) is 4. The molecule has 9 heteroatoms. The molecule has 0 unspecified atom stereocenters. The number of nitrogens with one attached hydrogen (secondary N) is 1. The molecule has 1 amide bonds. The van der Waals surface area contributed by atoms with Gasteiger partial charge in [0.2, 0.25) is 0 Å². The number of carbonyl (C=O) groups is 1. The van der Waals surface area contributed by atoms with E-state index < -0.39 is 11.7 Å². The van der Waals surface area contributed by atoms with Crippen LogP contribution in [-0.2, 0) is 19.6 Å². The van der Waals surface area contributed by atoms with E-state index in [0.29, 0.717) is 34.9 Å². The number of hydrogen-bond donors (Lipinski definition) is 2. The standard InChI is InChI=1S/C25H23F3N4OS/c1-14(29)13-30-24(33)21-15(2)31-23(32(21)3)20-9-5-7-17-12-19(34-22(17)20)11-16-6-4-8-18(10-16)25(26,27)28/h4-10,12H,1,11,13,29H2,2-3H3,(H,30,33). The second-order valence-electron chi connectivity index (χ2n) is 8.08. The molecule has 0 radical (unpaired) electrons. The molecule has 4 rings (SSSR count). The highest BCUT2D eigenvalue weighted by molar-refractivity contribution is 7.19. The summed E-state index contributed by atoms with van der Waals surface area (Å²) in [5.74, 6) is 0.334. The van der Waals surface area contributed by atoms with E-state index in [-0.39, 0.29) is 12.5 Å². The highest BCUT2D eigenvalue weighted by atomic mass is 32.1. The molecule has 0 aliphatic carbocycles. The number of aromatic nitrogens is 2. The highest BCUT2D eigenvalue weighted by Gasteiger charge is 2.30. The lowest BCUT2D eigenvalue weighted by atomic mass is 10.1. The predicted octanol–water partition coefficient (Wildman–Crippen LogP) is 5.42. The van der Waals surface area contributed by atoms with Crippen LogP contribution in [0.4, 0.5) is 13.2 Å². The van der Waals surface area contributed by atoms with Crippen LogP contribution in [-0.4, -0.2) is 22.0 Å². The second-order valence-corrected chi connectivity index (χ2v) is 9.22. The molecule has 0 spiro atoms. The number of fused-ring (bicyclic) bond motifs is 1. The maximum atomic E-state index is 13.1. The molecule has 2 heterocycles. The van der Waals surface area contributed by atoms with Crippen molar-refractivity contribution in [1.82, 2.24) is 14.9 Å². The Morgan fingerprint density at radius 1 is 1.21 bits per heavy atom. The quantitative estimate of drug-likeness (QED) is 0.384. The van der Waals surface area contributed by atoms with Gasteiger partial charge in [-0.25, -0.2) is 4.98 Å². The van der Waals surface area contributed by atoms with Crippen molar-refractivity contribution in [3.8, 4) is 11.4 Å². The Morgan fingerprint density at radius 3 is 2.65 bits per heavy atom. The lowest BCUT2D eigenvalue weighted by Crippen LogP contribution is -2.29. The predicted molar refractivity (Wildman–Crippen MR) is 129 cm³/mol. The Labute approximate surface area is 198 Å². The number of alkyl halides is 3. The molecule has 0 saturated heterocycles. The fourth-order valence-corrected chi connectivity index (χ4v) is 5.11. The van der Waals surface area contributed by atoms with Crippen molar-refractivity contribution < 1.29 is 18.0 Å². The van der Waals surface area contributed by atoms with Gasteiger partial charge in [0, 0.05) is 34.3 Å². The van der Waals surface area contributed by atoms with Gasteiger partial charge in [-0.2, -0.15) is 13.2 Å². The van der Waals surface area contributed by atoms with Crippen LogP contribution in [0.15, 0.2) is 60.8 Å². The molecule has 2 aromatic carbocycles. The van der Waals surface area contributed by atoms with Gasteiger partial charge >= 0.3 is 6.18 Å². The van der Waals surface area contributed by atoms with Crippen LogP contribution in [0.1, 0.15) is 32.2 Å². The molecule has 5 nitrogen and oxygen atoms in total. The summed E-state index contributed by atoms with van der Waals surface area (Å²) in [6.07, 6.45) is -3.99. The molecule has 4 aromatic rings. The van der Waals surface area contributed by atoms with Crippen molar-refractivity contribution >= 4 is 27.3 Å². The van der Waals surface area contributed by atoms with Crippen LogP contribution in [0.5, 0.6) is 0 Å². The number of amides is 1. The third-order valence-corrected chi connectivity index (χ3v) is 6.61. The molecule has 0 atom stereocenters. The number of aryl methyl sites for hydroxylation is 1. The monoisotopic (exact) mass is 484 g/mol. The van der Waals surface area contributed by atoms with Gasteiger partial charge in [-0.15, -0.1) is 11.3 Å². The Morgan fingerprint density at radius 2 is 1.94 bits per heavy atom. The van der Waals surface area contributed by atoms with Crippen molar-refractivity contribution in [2.24, 2.45) is 12.8 Å². The van der Waals surface area contributed by atoms with E-state index in [9.17, 15) is 18.0 Å². The van der Waals surface area contributed by atoms with Gasteiger partial charge in [0.15, 0.2) is 0 Å². The zero-order chi connectivity index (χ0) is 24.6. The maximum absolute atomic E-state index is 13.1. The molecule has 0 bridgehead atoms. The smallest absolute Gasteiger partial charge is 0.401 e. The van der Waals surface area contributed by atoms with E-state index in [2.05, 4.69) is 16.9 Å². The molecule has 3 N–H and O–H groups in total. The molecule has 2 aromatic heterocycles. The van der Waals surface area contributed by atoms with Crippen LogP contribution in [0.25, 0.3) is 21.5 Å². The third kappa shape index (κ3) is 4.70. The summed E-state index contributed by atoms with van der Waals surface area (Å²) < 4.78 is 42.0. The molecule has 0 saturated carbocycles. The maximum Gasteiger partial charge on any atom is 0.416 e. The minimum Gasteiger partial charge on any atom is -0.401 e. The molecule has 34 heavy (non-hydrogen) atoms. The van der Waals surface area contributed by atoms with Crippen molar-refractivity contribution in [3.63, 3.8) is 0 Å². The number of nitrogens with two attached hydrogens (primary N) is 1. The Bertz CT molecular complexity index is 1400. The highest BCUT2D eigenvalue weighted by Crippen LogP contribution is 2.36. The van der Waals surface area contributed by atoms with Crippen molar-refractivity contribution in [2.75, 3.05) is 6.54 Å². The van der Waals surface area contributed by atoms with Gasteiger partial charge in [-0.1, -0.05) is 36.9 Å². The topological polar surface area (TPSA) is 72.9 Å². The van der Waals surface area contributed by atoms with E-state index in [0.717, 1.165) is 26.6 Å². The molecular formula is C25H23F3N4OS. The van der Waals surface area contributed by atoms with Crippen LogP contribution < -0.4 is 11.1 Å². The van der Waals surface area contributed by atoms with Crippen molar-refractivity contribution in [2.45, 2.75) is 19.5 Å². The van der Waals surface area contributed by atoms with E-state index in [1.807, 2.05) is 24.3 Å². The first-order chi connectivity index (χ1) is 16.0. The van der Waals surface area contributed by atoms with E-state index >= 15 is 0 Å². The summed E-state index contributed by atoms with van der Waals surface area (Å²) in [6, 6.07) is 13.2. The van der Waals surface area contributed by atoms with E-state index in [1.54, 1.807) is 24.6 Å². The molecule has 0 fully saturated rings. The summed E-state index contributed by atoms with van der Waals surface area (Å²) in [6.45, 7) is 5.52. The zero-order valence-corrected chi connectivity index (χ0v) is 19.5. The average Bonchev–Trinajstić information content (AvgIpc) is 3.31. The fourth-order valence-electron chi connectivity index (χ4n) is 3.91. The van der Waals surface area contributed by atoms with E-state index in [1.165, 1.54) is 23.5 Å². The van der Waals surface area contributed by atoms with Gasteiger partial charge < -0.3 is 15.6 Å². The first-order valence-electron chi connectivity index (χ1n) is 10.5. The lowest BCUT2D eigenvalue weighted by molar-refractivity contribution is -0.137. The number of rotatable bonds is 6. The summed E-state index contributed by atoms with van der Waals surface area (Å²) in [7, 11) is 1.78. The van der Waals surface area contributed by atoms with Gasteiger partial charge in [0.25, 0.3) is 5.91 Å². The molecule has 176 valence electrons. The SMILES string of the molecule is C=C(N)CNC(=O)c1c(C)nc(-c2cccc3cc(Cc4cccc(C(F)(F)F)c4)sc23)n1C. The Kier molecular flexibility index (Phi) is 6.22. The summed E-state index contributed by atoms with van der Waals surface area (Å²) in [4.78, 5) is 18.2. The largest absolute Gasteiger partial charge is 0.416 e. The summed E-state index contributed by atoms with van der Waals surface area (Å²) in [5.41, 5.74) is 7.70. The summed E-state index contributed by atoms with van der Waals surface area (Å²) in [5, 5.41) is 3.69. The number of nitrogens with zero attached hydrogens (tertiary/aromatic N) is 2. The molecular weight excluding hydrogens is 461 g/mol. The van der Waals surface area contributed by atoms with Gasteiger partial charge in [0.1, 0.15) is 11.5 Å². The average molecular weight is 485 g/mol. The van der Waals surface area contributed by atoms with Crippen LogP contribution in [0.3, 0.4) is 0 Å². The van der Waals surface area contributed by atoms with Crippen LogP contribution in [0.2, 0.25) is 0 Å². The number of benzene rings is 2. The zero-order valence-electron chi connectivity index (χ0n) is 18.7. The first-order valence-corrected chi connectivity index (χ1v) is 11.3. The molecule has 0 aliphatic heterocycles. The second kappa shape index (κ2) is 8.98. The molecule has 0 aliphatic rings. The van der Waals surface area contributed by atoms with Gasteiger partial charge in [0.05, 0.1) is 17.8 Å². The summed E-state index contributed by atoms with van der Waals surface area (Å²) >= 11 is 1.51. The minimum atomic E-state index is -4.37. The normalized spacial score (nSPS) is 11.7. The lowest BCUT2D eigenvalue weighted by Gasteiger charge is -2.08. The Balaban J connectivity index is 1.69. The van der Waals surface area contributed by atoms with Gasteiger partial charge in [-0.05, 0) is 36.1 Å². The number of halogens is 3. The van der Waals surface area contributed by atoms with Crippen LogP contribution in [0, 0.1) is 6.92 Å². The fraction of sp³-hybridized carbons (Fsp3) is 0.200. The first kappa shape index (κ1) is 23.6. The number of carbonyl (C=O) groups excluding carboxylic acids is 1. The third-order valence-electron chi connectivity index (χ3n) is 5.43. The Hall–Kier alpha value is -3.59. The number of imidazole rings is 1. The van der Waals surface area contributed by atoms with Crippen LogP contribution >= 0.6 is 11.3 Å². The minimum absolute atomic E-state index is 0.165. The van der Waals surface area contributed by atoms with Crippen molar-refractivity contribution in [1.29, 1.82) is 0 Å².